The molecule has 0 aliphatic heterocycles. The van der Waals surface area contributed by atoms with Gasteiger partial charge in [-0.3, -0.25) is 0 Å². The highest BCUT2D eigenvalue weighted by Gasteiger charge is 2.27. The van der Waals surface area contributed by atoms with E-state index in [4.69, 9.17) is 0 Å². The fourth-order valence-corrected chi connectivity index (χ4v) is 3.23. The van der Waals surface area contributed by atoms with E-state index in [0.29, 0.717) is 0 Å². The Bertz CT molecular complexity index is 178. The zero-order valence-corrected chi connectivity index (χ0v) is 9.76. The number of hydrogen-bond acceptors (Lipinski definition) is 1. The molecule has 1 nitrogen and oxygen atoms in total. The van der Waals surface area contributed by atoms with E-state index in [9.17, 15) is 0 Å². The van der Waals surface area contributed by atoms with E-state index < -0.39 is 0 Å². The minimum absolute atomic E-state index is 0.832. The number of rotatable bonds is 2. The van der Waals surface area contributed by atoms with Crippen LogP contribution in [0, 0.1) is 11.8 Å². The summed E-state index contributed by atoms with van der Waals surface area (Å²) in [5.74, 6) is 1.88. The van der Waals surface area contributed by atoms with Crippen LogP contribution in [0.4, 0.5) is 0 Å². The van der Waals surface area contributed by atoms with Crippen LogP contribution in [0.25, 0.3) is 0 Å². The fraction of sp³-hybridized carbons (Fsp3) is 1.00. The maximum atomic E-state index is 3.90. The molecule has 0 aromatic rings. The Kier molecular flexibility index (Phi) is 3.48. The molecule has 2 aliphatic carbocycles. The monoisotopic (exact) mass is 195 g/mol. The highest BCUT2D eigenvalue weighted by molar-refractivity contribution is 4.85. The van der Waals surface area contributed by atoms with Crippen molar-refractivity contribution in [2.75, 3.05) is 0 Å². The van der Waals surface area contributed by atoms with Crippen molar-refractivity contribution in [3.63, 3.8) is 0 Å². The van der Waals surface area contributed by atoms with Gasteiger partial charge in [0, 0.05) is 12.1 Å². The molecule has 4 atom stereocenters. The maximum absolute atomic E-state index is 3.90. The van der Waals surface area contributed by atoms with Gasteiger partial charge in [-0.2, -0.15) is 0 Å². The van der Waals surface area contributed by atoms with E-state index in [1.807, 2.05) is 0 Å². The van der Waals surface area contributed by atoms with E-state index in [1.54, 1.807) is 0 Å². The summed E-state index contributed by atoms with van der Waals surface area (Å²) in [5.41, 5.74) is 0. The van der Waals surface area contributed by atoms with Gasteiger partial charge in [-0.1, -0.05) is 26.7 Å². The average molecular weight is 195 g/mol. The van der Waals surface area contributed by atoms with Crippen LogP contribution in [0.15, 0.2) is 0 Å². The lowest BCUT2D eigenvalue weighted by atomic mass is 9.85. The van der Waals surface area contributed by atoms with Crippen LogP contribution < -0.4 is 5.32 Å². The Hall–Kier alpha value is -0.0400. The Morgan fingerprint density at radius 1 is 0.929 bits per heavy atom. The first-order valence-corrected chi connectivity index (χ1v) is 6.51. The van der Waals surface area contributed by atoms with Crippen molar-refractivity contribution in [1.82, 2.24) is 5.32 Å². The first-order chi connectivity index (χ1) is 6.75. The van der Waals surface area contributed by atoms with Crippen LogP contribution in [0.3, 0.4) is 0 Å². The molecule has 0 unspecified atom stereocenters. The molecular weight excluding hydrogens is 170 g/mol. The molecule has 1 N–H and O–H groups in total. The second kappa shape index (κ2) is 4.65. The molecule has 0 aromatic carbocycles. The third-order valence-electron chi connectivity index (χ3n) is 4.26. The average Bonchev–Trinajstić information content (AvgIpc) is 2.56. The van der Waals surface area contributed by atoms with Gasteiger partial charge in [0.1, 0.15) is 0 Å². The van der Waals surface area contributed by atoms with Crippen molar-refractivity contribution in [2.24, 2.45) is 11.8 Å². The van der Waals surface area contributed by atoms with E-state index >= 15 is 0 Å². The van der Waals surface area contributed by atoms with E-state index in [-0.39, 0.29) is 0 Å². The van der Waals surface area contributed by atoms with Crippen molar-refractivity contribution < 1.29 is 0 Å². The summed E-state index contributed by atoms with van der Waals surface area (Å²) in [4.78, 5) is 0. The SMILES string of the molecule is C[C@H]1CC[C@H](N[C@@H]2CCCC[C@@H]2C)C1. The van der Waals surface area contributed by atoms with Crippen LogP contribution in [0.2, 0.25) is 0 Å². The zero-order valence-electron chi connectivity index (χ0n) is 9.76. The van der Waals surface area contributed by atoms with Crippen molar-refractivity contribution in [1.29, 1.82) is 0 Å². The lowest BCUT2D eigenvalue weighted by molar-refractivity contribution is 0.257. The summed E-state index contributed by atoms with van der Waals surface area (Å²) < 4.78 is 0. The van der Waals surface area contributed by atoms with Gasteiger partial charge in [0.05, 0.1) is 0 Å². The summed E-state index contributed by atoms with van der Waals surface area (Å²) in [6, 6.07) is 1.68. The molecule has 14 heavy (non-hydrogen) atoms. The van der Waals surface area contributed by atoms with Gasteiger partial charge in [0.15, 0.2) is 0 Å². The minimum atomic E-state index is 0.832. The molecular formula is C13H25N. The highest BCUT2D eigenvalue weighted by Crippen LogP contribution is 2.29. The van der Waals surface area contributed by atoms with Crippen LogP contribution in [0.5, 0.6) is 0 Å². The Morgan fingerprint density at radius 3 is 2.36 bits per heavy atom. The van der Waals surface area contributed by atoms with Crippen molar-refractivity contribution in [2.45, 2.75) is 70.9 Å². The van der Waals surface area contributed by atoms with Crippen molar-refractivity contribution in [3.05, 3.63) is 0 Å². The molecule has 0 radical (unpaired) electrons. The third-order valence-corrected chi connectivity index (χ3v) is 4.26. The molecule has 0 bridgehead atoms. The predicted octanol–water partition coefficient (Wildman–Crippen LogP) is 3.34. The van der Waals surface area contributed by atoms with Gasteiger partial charge < -0.3 is 5.32 Å². The molecule has 2 fully saturated rings. The fourth-order valence-electron chi connectivity index (χ4n) is 3.23. The highest BCUT2D eigenvalue weighted by atomic mass is 15.0. The van der Waals surface area contributed by atoms with Crippen LogP contribution >= 0.6 is 0 Å². The molecule has 0 aromatic heterocycles. The molecule has 0 amide bonds. The molecule has 2 saturated carbocycles. The van der Waals surface area contributed by atoms with Crippen molar-refractivity contribution >= 4 is 0 Å². The van der Waals surface area contributed by atoms with Crippen LogP contribution in [-0.4, -0.2) is 12.1 Å². The smallest absolute Gasteiger partial charge is 0.00952 e. The quantitative estimate of drug-likeness (QED) is 0.712. The molecule has 2 rings (SSSR count). The van der Waals surface area contributed by atoms with E-state index in [2.05, 4.69) is 19.2 Å². The molecule has 0 saturated heterocycles. The van der Waals surface area contributed by atoms with Gasteiger partial charge >= 0.3 is 0 Å². The summed E-state index contributed by atoms with van der Waals surface area (Å²) in [7, 11) is 0. The zero-order chi connectivity index (χ0) is 9.97. The van der Waals surface area contributed by atoms with Gasteiger partial charge in [-0.05, 0) is 43.9 Å². The number of hydrogen-bond donors (Lipinski definition) is 1. The Morgan fingerprint density at radius 2 is 1.71 bits per heavy atom. The summed E-state index contributed by atoms with van der Waals surface area (Å²) in [5, 5.41) is 3.90. The standard InChI is InChI=1S/C13H25N/c1-10-7-8-12(9-10)14-13-6-4-3-5-11(13)2/h10-14H,3-9H2,1-2H3/t10-,11-,12-,13+/m0/s1. The second-order valence-corrected chi connectivity index (χ2v) is 5.65. The minimum Gasteiger partial charge on any atom is -0.311 e. The third kappa shape index (κ3) is 2.50. The van der Waals surface area contributed by atoms with E-state index in [1.165, 1.54) is 44.9 Å². The molecule has 1 heteroatoms. The lowest BCUT2D eigenvalue weighted by Gasteiger charge is -2.32. The summed E-state index contributed by atoms with van der Waals surface area (Å²) in [6.07, 6.45) is 10.1. The molecule has 2 aliphatic rings. The van der Waals surface area contributed by atoms with Crippen LogP contribution in [-0.2, 0) is 0 Å². The first-order valence-electron chi connectivity index (χ1n) is 6.51. The largest absolute Gasteiger partial charge is 0.311 e. The van der Waals surface area contributed by atoms with Crippen molar-refractivity contribution in [3.8, 4) is 0 Å². The van der Waals surface area contributed by atoms with Crippen LogP contribution in [0.1, 0.15) is 58.8 Å². The summed E-state index contributed by atoms with van der Waals surface area (Å²) >= 11 is 0. The lowest BCUT2D eigenvalue weighted by Crippen LogP contribution is -2.42. The van der Waals surface area contributed by atoms with E-state index in [0.717, 1.165) is 23.9 Å². The summed E-state index contributed by atoms with van der Waals surface area (Å²) in [6.45, 7) is 4.82. The van der Waals surface area contributed by atoms with Gasteiger partial charge in [-0.15, -0.1) is 0 Å². The number of nitrogens with one attached hydrogen (secondary N) is 1. The van der Waals surface area contributed by atoms with Gasteiger partial charge in [-0.25, -0.2) is 0 Å². The molecule has 0 spiro atoms. The predicted molar refractivity (Wildman–Crippen MR) is 61.4 cm³/mol. The van der Waals surface area contributed by atoms with Gasteiger partial charge in [0.2, 0.25) is 0 Å². The Balaban J connectivity index is 1.78. The topological polar surface area (TPSA) is 12.0 Å². The normalized spacial score (nSPS) is 44.1. The maximum Gasteiger partial charge on any atom is 0.00952 e. The molecule has 82 valence electrons. The Labute approximate surface area is 88.7 Å². The molecule has 0 heterocycles. The second-order valence-electron chi connectivity index (χ2n) is 5.65. The first kappa shape index (κ1) is 10.5. The van der Waals surface area contributed by atoms with Gasteiger partial charge in [0.25, 0.3) is 0 Å².